The molecule has 0 bridgehead atoms. The molecule has 0 heterocycles. The van der Waals surface area contributed by atoms with Crippen molar-refractivity contribution in [3.05, 3.63) is 10.4 Å². The molecule has 4 heteroatoms. The summed E-state index contributed by atoms with van der Waals surface area (Å²) in [6.45, 7) is 0.484. The molecule has 0 rings (SSSR count). The minimum atomic E-state index is 0.445. The first-order valence-electron chi connectivity index (χ1n) is 2.77. The Labute approximate surface area is 53.5 Å². The first-order chi connectivity index (χ1) is 4.41. The van der Waals surface area contributed by atoms with E-state index in [4.69, 9.17) is 5.53 Å². The zero-order valence-corrected chi connectivity index (χ0v) is 5.08. The minimum absolute atomic E-state index is 0.445. The molecule has 0 N–H and O–H groups in total. The van der Waals surface area contributed by atoms with Crippen molar-refractivity contribution in [2.45, 2.75) is 19.3 Å². The van der Waals surface area contributed by atoms with E-state index in [1.165, 1.54) is 0 Å². The van der Waals surface area contributed by atoms with Gasteiger partial charge >= 0.3 is 0 Å². The van der Waals surface area contributed by atoms with Crippen molar-refractivity contribution in [2.75, 3.05) is 6.54 Å². The Morgan fingerprint density at radius 3 is 2.89 bits per heavy atom. The van der Waals surface area contributed by atoms with Gasteiger partial charge in [-0.1, -0.05) is 5.11 Å². The van der Waals surface area contributed by atoms with E-state index in [1.807, 2.05) is 0 Å². The van der Waals surface area contributed by atoms with Gasteiger partial charge in [0.05, 0.1) is 0 Å². The molecule has 0 aliphatic heterocycles. The molecule has 0 fully saturated rings. The van der Waals surface area contributed by atoms with Crippen LogP contribution >= 0.6 is 0 Å². The second-order valence-electron chi connectivity index (χ2n) is 1.56. The van der Waals surface area contributed by atoms with Crippen LogP contribution in [0.3, 0.4) is 0 Å². The fourth-order valence-corrected chi connectivity index (χ4v) is 0.424. The predicted octanol–water partition coefficient (Wildman–Crippen LogP) is 1.58. The smallest absolute Gasteiger partial charge is 0.198 e. The van der Waals surface area contributed by atoms with Crippen molar-refractivity contribution >= 4 is 6.29 Å². The highest BCUT2D eigenvalue weighted by molar-refractivity contribution is 5.50. The van der Waals surface area contributed by atoms with E-state index in [-0.39, 0.29) is 0 Å². The summed E-state index contributed by atoms with van der Waals surface area (Å²) >= 11 is 0. The summed E-state index contributed by atoms with van der Waals surface area (Å²) < 4.78 is 0. The molecule has 0 spiro atoms. The summed E-state index contributed by atoms with van der Waals surface area (Å²) in [6.07, 6.45) is 3.75. The number of hydrogen-bond acceptors (Lipinski definition) is 2. The van der Waals surface area contributed by atoms with Crippen LogP contribution in [0.4, 0.5) is 0 Å². The van der Waals surface area contributed by atoms with E-state index < -0.39 is 0 Å². The predicted molar refractivity (Wildman–Crippen MR) is 33.6 cm³/mol. The number of rotatable bonds is 5. The van der Waals surface area contributed by atoms with Gasteiger partial charge < -0.3 is 0 Å². The van der Waals surface area contributed by atoms with Crippen LogP contribution < -0.4 is 0 Å². The van der Waals surface area contributed by atoms with Gasteiger partial charge in [0, 0.05) is 17.9 Å². The van der Waals surface area contributed by atoms with Gasteiger partial charge in [-0.2, -0.15) is 0 Å². The second kappa shape index (κ2) is 6.98. The van der Waals surface area contributed by atoms with E-state index >= 15 is 0 Å². The zero-order valence-electron chi connectivity index (χ0n) is 5.08. The topological polar surface area (TPSA) is 65.8 Å². The van der Waals surface area contributed by atoms with Crippen molar-refractivity contribution in [3.63, 3.8) is 0 Å². The van der Waals surface area contributed by atoms with Gasteiger partial charge in [-0.3, -0.25) is 4.79 Å². The van der Waals surface area contributed by atoms with Gasteiger partial charge in [0.25, 0.3) is 0 Å². The first kappa shape index (κ1) is 7.98. The van der Waals surface area contributed by atoms with Crippen LogP contribution in [0.15, 0.2) is 5.11 Å². The monoisotopic (exact) mass is 126 g/mol. The average Bonchev–Trinajstić information content (AvgIpc) is 1.89. The Hall–Kier alpha value is -1.02. The van der Waals surface area contributed by atoms with Crippen LogP contribution in [0, 0.1) is 0 Å². The summed E-state index contributed by atoms with van der Waals surface area (Å²) in [5.41, 5.74) is 7.80. The lowest BCUT2D eigenvalue weighted by molar-refractivity contribution is 0.547. The maximum absolute atomic E-state index is 9.61. The SMILES string of the molecule is [N-]=[N+]=NCCCC[C]=O. The minimum Gasteiger partial charge on any atom is -0.291 e. The van der Waals surface area contributed by atoms with Crippen LogP contribution in [0.25, 0.3) is 10.4 Å². The molecule has 0 aromatic rings. The quantitative estimate of drug-likeness (QED) is 0.238. The molecule has 0 aliphatic carbocycles. The molecule has 1 radical (unpaired) electrons. The number of nitrogens with zero attached hydrogens (tertiary/aromatic N) is 3. The van der Waals surface area contributed by atoms with Gasteiger partial charge in [-0.05, 0) is 18.4 Å². The highest BCUT2D eigenvalue weighted by Gasteiger charge is 1.84. The Bertz CT molecular complexity index is 117. The standard InChI is InChI=1S/C5H8N3O/c6-8-7-4-2-1-3-5-9/h1-4H2. The molecule has 0 amide bonds. The fourth-order valence-electron chi connectivity index (χ4n) is 0.424. The fraction of sp³-hybridized carbons (Fsp3) is 0.800. The lowest BCUT2D eigenvalue weighted by Crippen LogP contribution is -1.80. The van der Waals surface area contributed by atoms with Gasteiger partial charge in [0.1, 0.15) is 0 Å². The van der Waals surface area contributed by atoms with Crippen molar-refractivity contribution in [1.29, 1.82) is 0 Å². The molecule has 9 heavy (non-hydrogen) atoms. The largest absolute Gasteiger partial charge is 0.291 e. The molecule has 0 unspecified atom stereocenters. The van der Waals surface area contributed by atoms with Crippen LogP contribution in [-0.2, 0) is 4.79 Å². The molecule has 0 atom stereocenters. The highest BCUT2D eigenvalue weighted by atomic mass is 16.1. The van der Waals surface area contributed by atoms with E-state index in [0.717, 1.165) is 12.8 Å². The van der Waals surface area contributed by atoms with Gasteiger partial charge in [0.2, 0.25) is 0 Å². The normalized spacial score (nSPS) is 8.00. The molecule has 49 valence electrons. The van der Waals surface area contributed by atoms with Crippen molar-refractivity contribution in [1.82, 2.24) is 0 Å². The Kier molecular flexibility index (Phi) is 6.19. The van der Waals surface area contributed by atoms with Crippen LogP contribution in [0.2, 0.25) is 0 Å². The van der Waals surface area contributed by atoms with Crippen molar-refractivity contribution in [2.24, 2.45) is 5.11 Å². The molecule has 0 saturated heterocycles. The summed E-state index contributed by atoms with van der Waals surface area (Å²) in [5.74, 6) is 0. The number of carbonyl (C=O) groups excluding carboxylic acids is 1. The third-order valence-corrected chi connectivity index (χ3v) is 0.850. The lowest BCUT2D eigenvalue weighted by atomic mass is 10.2. The zero-order chi connectivity index (χ0) is 6.95. The van der Waals surface area contributed by atoms with Crippen LogP contribution in [-0.4, -0.2) is 12.8 Å². The Balaban J connectivity index is 2.90. The van der Waals surface area contributed by atoms with Crippen molar-refractivity contribution in [3.8, 4) is 0 Å². The Morgan fingerprint density at radius 2 is 2.33 bits per heavy atom. The van der Waals surface area contributed by atoms with E-state index in [9.17, 15) is 4.79 Å². The molecule has 0 aromatic carbocycles. The molecular weight excluding hydrogens is 118 g/mol. The van der Waals surface area contributed by atoms with Crippen LogP contribution in [0.5, 0.6) is 0 Å². The molecular formula is C5H8N3O. The van der Waals surface area contributed by atoms with Gasteiger partial charge in [0.15, 0.2) is 6.29 Å². The molecule has 0 saturated carbocycles. The summed E-state index contributed by atoms with van der Waals surface area (Å²) in [4.78, 5) is 12.2. The number of unbranched alkanes of at least 4 members (excludes halogenated alkanes) is 2. The summed E-state index contributed by atoms with van der Waals surface area (Å²) in [7, 11) is 0. The summed E-state index contributed by atoms with van der Waals surface area (Å²) in [6, 6.07) is 0. The maximum Gasteiger partial charge on any atom is 0.198 e. The van der Waals surface area contributed by atoms with Gasteiger partial charge in [-0.15, -0.1) is 0 Å². The second-order valence-corrected chi connectivity index (χ2v) is 1.56. The van der Waals surface area contributed by atoms with Gasteiger partial charge in [-0.25, -0.2) is 0 Å². The molecule has 0 aliphatic rings. The van der Waals surface area contributed by atoms with E-state index in [0.29, 0.717) is 13.0 Å². The summed E-state index contributed by atoms with van der Waals surface area (Å²) in [5, 5.41) is 3.29. The highest BCUT2D eigenvalue weighted by Crippen LogP contribution is 1.91. The molecule has 0 aromatic heterocycles. The first-order valence-corrected chi connectivity index (χ1v) is 2.77. The maximum atomic E-state index is 9.61. The average molecular weight is 126 g/mol. The third kappa shape index (κ3) is 6.98. The number of azide groups is 1. The number of hydrogen-bond donors (Lipinski definition) is 0. The Morgan fingerprint density at radius 1 is 1.56 bits per heavy atom. The molecule has 4 nitrogen and oxygen atoms in total. The lowest BCUT2D eigenvalue weighted by Gasteiger charge is -1.85. The third-order valence-electron chi connectivity index (χ3n) is 0.850. The van der Waals surface area contributed by atoms with E-state index in [2.05, 4.69) is 10.0 Å². The van der Waals surface area contributed by atoms with E-state index in [1.54, 1.807) is 6.29 Å². The van der Waals surface area contributed by atoms with Crippen LogP contribution in [0.1, 0.15) is 19.3 Å². The van der Waals surface area contributed by atoms with Crippen molar-refractivity contribution < 1.29 is 4.79 Å².